The Hall–Kier alpha value is -1.73. The third-order valence-corrected chi connectivity index (χ3v) is 3.35. The Labute approximate surface area is 108 Å². The topological polar surface area (TPSA) is 62.3 Å². The van der Waals surface area contributed by atoms with Gasteiger partial charge in [-0.2, -0.15) is 5.26 Å². The van der Waals surface area contributed by atoms with Crippen LogP contribution in [0.4, 0.5) is 11.4 Å². The molecule has 1 unspecified atom stereocenters. The summed E-state index contributed by atoms with van der Waals surface area (Å²) in [5, 5.41) is 8.82. The summed E-state index contributed by atoms with van der Waals surface area (Å²) < 4.78 is 5.48. The highest BCUT2D eigenvalue weighted by atomic mass is 16.5. The second-order valence-corrected chi connectivity index (χ2v) is 4.85. The van der Waals surface area contributed by atoms with Crippen molar-refractivity contribution in [3.63, 3.8) is 0 Å². The molecule has 4 nitrogen and oxygen atoms in total. The van der Waals surface area contributed by atoms with Gasteiger partial charge in [-0.15, -0.1) is 0 Å². The van der Waals surface area contributed by atoms with Gasteiger partial charge in [0.05, 0.1) is 29.6 Å². The van der Waals surface area contributed by atoms with Gasteiger partial charge in [0.15, 0.2) is 0 Å². The number of hydrogen-bond donors (Lipinski definition) is 1. The number of hydrogen-bond acceptors (Lipinski definition) is 4. The summed E-state index contributed by atoms with van der Waals surface area (Å²) in [4.78, 5) is 2.15. The molecule has 1 atom stereocenters. The molecule has 2 rings (SSSR count). The number of nitrogen functional groups attached to an aromatic ring is 1. The molecule has 0 saturated carbocycles. The van der Waals surface area contributed by atoms with E-state index in [0.29, 0.717) is 17.2 Å². The van der Waals surface area contributed by atoms with Crippen LogP contribution in [0.3, 0.4) is 0 Å². The Morgan fingerprint density at radius 2 is 2.39 bits per heavy atom. The summed E-state index contributed by atoms with van der Waals surface area (Å²) in [6, 6.07) is 7.54. The molecule has 96 valence electrons. The maximum Gasteiger partial charge on any atom is 0.0992 e. The van der Waals surface area contributed by atoms with E-state index in [9.17, 15) is 0 Å². The van der Waals surface area contributed by atoms with Crippen LogP contribution in [0.5, 0.6) is 0 Å². The van der Waals surface area contributed by atoms with E-state index >= 15 is 0 Å². The number of anilines is 2. The quantitative estimate of drug-likeness (QED) is 0.827. The van der Waals surface area contributed by atoms with Gasteiger partial charge < -0.3 is 15.4 Å². The summed E-state index contributed by atoms with van der Waals surface area (Å²) in [7, 11) is 2.03. The molecule has 0 radical (unpaired) electrons. The molecule has 1 heterocycles. The van der Waals surface area contributed by atoms with Crippen molar-refractivity contribution >= 4 is 11.4 Å². The minimum atomic E-state index is 0.568. The summed E-state index contributed by atoms with van der Waals surface area (Å²) in [5.74, 6) is 0.568. The fraction of sp³-hybridized carbons (Fsp3) is 0.500. The SMILES string of the molecule is CN(CC1CCCOC1)c1ccc(C#N)cc1N. The van der Waals surface area contributed by atoms with Crippen molar-refractivity contribution in [2.75, 3.05) is 37.4 Å². The van der Waals surface area contributed by atoms with Gasteiger partial charge >= 0.3 is 0 Å². The zero-order valence-corrected chi connectivity index (χ0v) is 10.7. The van der Waals surface area contributed by atoms with Crippen LogP contribution in [-0.2, 0) is 4.74 Å². The molecule has 1 aromatic rings. The monoisotopic (exact) mass is 245 g/mol. The lowest BCUT2D eigenvalue weighted by Crippen LogP contribution is -2.31. The van der Waals surface area contributed by atoms with E-state index < -0.39 is 0 Å². The standard InChI is InChI=1S/C14H19N3O/c1-17(9-12-3-2-6-18-10-12)14-5-4-11(8-15)7-13(14)16/h4-5,7,12H,2-3,6,9-10,16H2,1H3. The first kappa shape index (κ1) is 12.7. The van der Waals surface area contributed by atoms with Crippen molar-refractivity contribution in [3.8, 4) is 6.07 Å². The number of nitriles is 1. The number of benzene rings is 1. The second-order valence-electron chi connectivity index (χ2n) is 4.85. The molecule has 18 heavy (non-hydrogen) atoms. The van der Waals surface area contributed by atoms with Gasteiger partial charge in [-0.1, -0.05) is 0 Å². The van der Waals surface area contributed by atoms with E-state index in [-0.39, 0.29) is 0 Å². The lowest BCUT2D eigenvalue weighted by Gasteiger charge is -2.29. The minimum absolute atomic E-state index is 0.568. The molecule has 0 amide bonds. The van der Waals surface area contributed by atoms with Crippen LogP contribution in [0.25, 0.3) is 0 Å². The summed E-state index contributed by atoms with van der Waals surface area (Å²) in [6.07, 6.45) is 2.35. The van der Waals surface area contributed by atoms with E-state index in [1.807, 2.05) is 13.1 Å². The van der Waals surface area contributed by atoms with Crippen LogP contribution in [-0.4, -0.2) is 26.8 Å². The first-order valence-electron chi connectivity index (χ1n) is 6.29. The lowest BCUT2D eigenvalue weighted by atomic mass is 10.0. The lowest BCUT2D eigenvalue weighted by molar-refractivity contribution is 0.0576. The van der Waals surface area contributed by atoms with E-state index in [1.165, 1.54) is 6.42 Å². The maximum absolute atomic E-state index is 8.82. The minimum Gasteiger partial charge on any atom is -0.397 e. The van der Waals surface area contributed by atoms with Crippen LogP contribution < -0.4 is 10.6 Å². The molecule has 0 spiro atoms. The van der Waals surface area contributed by atoms with E-state index in [0.717, 1.165) is 31.9 Å². The molecule has 0 aromatic heterocycles. The van der Waals surface area contributed by atoms with Crippen LogP contribution >= 0.6 is 0 Å². The van der Waals surface area contributed by atoms with Gasteiger partial charge in [0.1, 0.15) is 0 Å². The normalized spacial score (nSPS) is 19.2. The average Bonchev–Trinajstić information content (AvgIpc) is 2.39. The van der Waals surface area contributed by atoms with Gasteiger partial charge in [-0.05, 0) is 37.0 Å². The Balaban J connectivity index is 2.04. The van der Waals surface area contributed by atoms with Crippen LogP contribution in [0.15, 0.2) is 18.2 Å². The van der Waals surface area contributed by atoms with Crippen molar-refractivity contribution in [1.82, 2.24) is 0 Å². The summed E-state index contributed by atoms with van der Waals surface area (Å²) in [6.45, 7) is 2.66. The van der Waals surface area contributed by atoms with Gasteiger partial charge in [0.25, 0.3) is 0 Å². The third kappa shape index (κ3) is 2.93. The highest BCUT2D eigenvalue weighted by Gasteiger charge is 2.17. The van der Waals surface area contributed by atoms with Crippen molar-refractivity contribution in [2.24, 2.45) is 5.92 Å². The van der Waals surface area contributed by atoms with Crippen molar-refractivity contribution < 1.29 is 4.74 Å². The first-order valence-corrected chi connectivity index (χ1v) is 6.29. The zero-order chi connectivity index (χ0) is 13.0. The first-order chi connectivity index (χ1) is 8.70. The van der Waals surface area contributed by atoms with Crippen LogP contribution in [0.1, 0.15) is 18.4 Å². The van der Waals surface area contributed by atoms with Crippen molar-refractivity contribution in [3.05, 3.63) is 23.8 Å². The van der Waals surface area contributed by atoms with E-state index in [1.54, 1.807) is 12.1 Å². The predicted molar refractivity (Wildman–Crippen MR) is 72.4 cm³/mol. The van der Waals surface area contributed by atoms with Crippen LogP contribution in [0, 0.1) is 17.2 Å². The number of nitrogens with zero attached hydrogens (tertiary/aromatic N) is 2. The highest BCUT2D eigenvalue weighted by molar-refractivity contribution is 5.69. The molecule has 1 fully saturated rings. The Kier molecular flexibility index (Phi) is 4.06. The molecule has 1 aliphatic heterocycles. The van der Waals surface area contributed by atoms with Gasteiger partial charge in [0.2, 0.25) is 0 Å². The molecule has 1 saturated heterocycles. The largest absolute Gasteiger partial charge is 0.397 e. The summed E-state index contributed by atoms with van der Waals surface area (Å²) in [5.41, 5.74) is 8.23. The molecular weight excluding hydrogens is 226 g/mol. The van der Waals surface area contributed by atoms with Gasteiger partial charge in [-0.25, -0.2) is 0 Å². The van der Waals surface area contributed by atoms with E-state index in [2.05, 4.69) is 11.0 Å². The van der Waals surface area contributed by atoms with Crippen molar-refractivity contribution in [2.45, 2.75) is 12.8 Å². The van der Waals surface area contributed by atoms with E-state index in [4.69, 9.17) is 15.7 Å². The van der Waals surface area contributed by atoms with Crippen molar-refractivity contribution in [1.29, 1.82) is 5.26 Å². The fourth-order valence-corrected chi connectivity index (χ4v) is 2.41. The molecule has 0 bridgehead atoms. The summed E-state index contributed by atoms with van der Waals surface area (Å²) >= 11 is 0. The van der Waals surface area contributed by atoms with Crippen LogP contribution in [0.2, 0.25) is 0 Å². The fourth-order valence-electron chi connectivity index (χ4n) is 2.41. The Bertz CT molecular complexity index is 447. The molecule has 1 aromatic carbocycles. The Morgan fingerprint density at radius 3 is 3.00 bits per heavy atom. The van der Waals surface area contributed by atoms with Gasteiger partial charge in [0, 0.05) is 20.2 Å². The highest BCUT2D eigenvalue weighted by Crippen LogP contribution is 2.25. The smallest absolute Gasteiger partial charge is 0.0992 e. The molecule has 0 aliphatic carbocycles. The number of nitrogens with two attached hydrogens (primary N) is 1. The molecule has 4 heteroatoms. The average molecular weight is 245 g/mol. The van der Waals surface area contributed by atoms with Gasteiger partial charge in [-0.3, -0.25) is 0 Å². The molecule has 1 aliphatic rings. The zero-order valence-electron chi connectivity index (χ0n) is 10.7. The molecular formula is C14H19N3O. The number of ether oxygens (including phenoxy) is 1. The Morgan fingerprint density at radius 1 is 1.56 bits per heavy atom. The molecule has 2 N–H and O–H groups in total. The maximum atomic E-state index is 8.82. The number of rotatable bonds is 3. The second kappa shape index (κ2) is 5.74. The predicted octanol–water partition coefficient (Wildman–Crippen LogP) is 2.00. The third-order valence-electron chi connectivity index (χ3n) is 3.35.